The van der Waals surface area contributed by atoms with Crippen LogP contribution in [-0.4, -0.2) is 9.55 Å². The molecule has 2 rings (SSSR count). The Labute approximate surface area is 125 Å². The maximum absolute atomic E-state index is 6.14. The molecule has 0 fully saturated rings. The molecule has 0 aliphatic heterocycles. The predicted octanol–water partition coefficient (Wildman–Crippen LogP) is 4.76. The molecule has 6 heteroatoms. The van der Waals surface area contributed by atoms with Crippen LogP contribution in [0.5, 0.6) is 0 Å². The number of benzene rings is 1. The molecule has 2 nitrogen and oxygen atoms in total. The van der Waals surface area contributed by atoms with Crippen molar-refractivity contribution in [3.63, 3.8) is 0 Å². The third-order valence-electron chi connectivity index (χ3n) is 2.57. The summed E-state index contributed by atoms with van der Waals surface area (Å²) >= 11 is 19.5. The lowest BCUT2D eigenvalue weighted by Gasteiger charge is -2.06. The first-order chi connectivity index (χ1) is 8.63. The van der Waals surface area contributed by atoms with Gasteiger partial charge >= 0.3 is 0 Å². The molecule has 0 spiro atoms. The minimum Gasteiger partial charge on any atom is -0.325 e. The van der Waals surface area contributed by atoms with E-state index in [0.717, 1.165) is 22.2 Å². The summed E-state index contributed by atoms with van der Waals surface area (Å²) in [4.78, 5) is 4.32. The van der Waals surface area contributed by atoms with E-state index in [-0.39, 0.29) is 0 Å². The quantitative estimate of drug-likeness (QED) is 0.597. The summed E-state index contributed by atoms with van der Waals surface area (Å²) < 4.78 is 1.98. The first kappa shape index (κ1) is 14.1. The summed E-state index contributed by atoms with van der Waals surface area (Å²) in [6, 6.07) is 5.64. The molecular weight excluding hydrogens is 311 g/mol. The SMILES string of the molecule is Cn1c(CCl)cnc1SCc1cccc(Cl)c1Cl. The van der Waals surface area contributed by atoms with Gasteiger partial charge in [-0.25, -0.2) is 4.98 Å². The molecule has 18 heavy (non-hydrogen) atoms. The topological polar surface area (TPSA) is 17.8 Å². The molecule has 0 saturated heterocycles. The van der Waals surface area contributed by atoms with E-state index in [1.165, 1.54) is 0 Å². The average Bonchev–Trinajstić information content (AvgIpc) is 2.72. The van der Waals surface area contributed by atoms with Crippen LogP contribution in [-0.2, 0) is 18.7 Å². The summed E-state index contributed by atoms with van der Waals surface area (Å²) in [5, 5.41) is 2.11. The summed E-state index contributed by atoms with van der Waals surface area (Å²) in [5.41, 5.74) is 2.00. The molecule has 0 aliphatic carbocycles. The molecule has 0 amide bonds. The van der Waals surface area contributed by atoms with Gasteiger partial charge in [0, 0.05) is 12.8 Å². The monoisotopic (exact) mass is 320 g/mol. The lowest BCUT2D eigenvalue weighted by molar-refractivity contribution is 0.761. The molecule has 0 radical (unpaired) electrons. The van der Waals surface area contributed by atoms with Gasteiger partial charge in [0.25, 0.3) is 0 Å². The first-order valence-corrected chi connectivity index (χ1v) is 7.53. The smallest absolute Gasteiger partial charge is 0.168 e. The highest BCUT2D eigenvalue weighted by Crippen LogP contribution is 2.30. The van der Waals surface area contributed by atoms with Crippen molar-refractivity contribution in [2.75, 3.05) is 0 Å². The van der Waals surface area contributed by atoms with Gasteiger partial charge in [0.1, 0.15) is 0 Å². The van der Waals surface area contributed by atoms with Crippen LogP contribution in [0.1, 0.15) is 11.3 Å². The average molecular weight is 322 g/mol. The van der Waals surface area contributed by atoms with Crippen molar-refractivity contribution in [3.8, 4) is 0 Å². The highest BCUT2D eigenvalue weighted by Gasteiger charge is 2.09. The zero-order valence-electron chi connectivity index (χ0n) is 9.66. The van der Waals surface area contributed by atoms with Gasteiger partial charge in [0.05, 0.1) is 27.8 Å². The number of nitrogens with zero attached hydrogens (tertiary/aromatic N) is 2. The number of imidazole rings is 1. The molecule has 1 aromatic carbocycles. The molecular formula is C12H11Cl3N2S. The highest BCUT2D eigenvalue weighted by molar-refractivity contribution is 7.98. The lowest BCUT2D eigenvalue weighted by Crippen LogP contribution is -1.95. The first-order valence-electron chi connectivity index (χ1n) is 5.25. The summed E-state index contributed by atoms with van der Waals surface area (Å²) in [6.45, 7) is 0. The van der Waals surface area contributed by atoms with Gasteiger partial charge < -0.3 is 4.57 Å². The Morgan fingerprint density at radius 1 is 1.33 bits per heavy atom. The Morgan fingerprint density at radius 3 is 2.78 bits per heavy atom. The molecule has 0 aliphatic rings. The van der Waals surface area contributed by atoms with E-state index in [1.54, 1.807) is 24.0 Å². The number of halogens is 3. The summed E-state index contributed by atoms with van der Waals surface area (Å²) in [7, 11) is 1.95. The predicted molar refractivity (Wildman–Crippen MR) is 78.8 cm³/mol. The van der Waals surface area contributed by atoms with E-state index in [4.69, 9.17) is 34.8 Å². The van der Waals surface area contributed by atoms with E-state index in [1.807, 2.05) is 23.7 Å². The van der Waals surface area contributed by atoms with Gasteiger partial charge in [-0.05, 0) is 11.6 Å². The van der Waals surface area contributed by atoms with Crippen LogP contribution < -0.4 is 0 Å². The Hall–Kier alpha value is -0.350. The zero-order chi connectivity index (χ0) is 13.1. The highest BCUT2D eigenvalue weighted by atomic mass is 35.5. The van der Waals surface area contributed by atoms with Crippen LogP contribution in [0.3, 0.4) is 0 Å². The van der Waals surface area contributed by atoms with Crippen LogP contribution in [0, 0.1) is 0 Å². The van der Waals surface area contributed by atoms with Gasteiger partial charge in [0.2, 0.25) is 0 Å². The van der Waals surface area contributed by atoms with Gasteiger partial charge in [-0.2, -0.15) is 0 Å². The third kappa shape index (κ3) is 2.97. The maximum atomic E-state index is 6.14. The molecule has 0 N–H and O–H groups in total. The van der Waals surface area contributed by atoms with Crippen LogP contribution in [0.25, 0.3) is 0 Å². The normalized spacial score (nSPS) is 10.9. The molecule has 1 aromatic heterocycles. The van der Waals surface area contributed by atoms with Crippen molar-refractivity contribution < 1.29 is 0 Å². The van der Waals surface area contributed by atoms with Crippen molar-refractivity contribution >= 4 is 46.6 Å². The Balaban J connectivity index is 2.11. The van der Waals surface area contributed by atoms with Crippen molar-refractivity contribution in [2.24, 2.45) is 7.05 Å². The number of thioether (sulfide) groups is 1. The van der Waals surface area contributed by atoms with Gasteiger partial charge in [-0.15, -0.1) is 11.6 Å². The van der Waals surface area contributed by atoms with Crippen LogP contribution in [0.4, 0.5) is 0 Å². The standard InChI is InChI=1S/C12H11Cl3N2S/c1-17-9(5-13)6-16-12(17)18-7-8-3-2-4-10(14)11(8)15/h2-4,6H,5,7H2,1H3. The fourth-order valence-electron chi connectivity index (χ4n) is 1.49. The third-order valence-corrected chi connectivity index (χ3v) is 4.79. The van der Waals surface area contributed by atoms with Crippen molar-refractivity contribution in [1.29, 1.82) is 0 Å². The van der Waals surface area contributed by atoms with Gasteiger partial charge in [-0.3, -0.25) is 0 Å². The number of hydrogen-bond donors (Lipinski definition) is 0. The lowest BCUT2D eigenvalue weighted by atomic mass is 10.2. The maximum Gasteiger partial charge on any atom is 0.168 e. The summed E-state index contributed by atoms with van der Waals surface area (Å²) in [5.74, 6) is 1.19. The van der Waals surface area contributed by atoms with Gasteiger partial charge in [-0.1, -0.05) is 47.1 Å². The van der Waals surface area contributed by atoms with Crippen LogP contribution in [0.2, 0.25) is 10.0 Å². The van der Waals surface area contributed by atoms with E-state index in [2.05, 4.69) is 4.98 Å². The Kier molecular flexibility index (Phi) is 4.84. The molecule has 0 saturated carbocycles. The summed E-state index contributed by atoms with van der Waals surface area (Å²) in [6.07, 6.45) is 1.79. The Morgan fingerprint density at radius 2 is 2.11 bits per heavy atom. The molecule has 0 unspecified atom stereocenters. The van der Waals surface area contributed by atoms with E-state index < -0.39 is 0 Å². The fraction of sp³-hybridized carbons (Fsp3) is 0.250. The van der Waals surface area contributed by atoms with Crippen molar-refractivity contribution in [3.05, 3.63) is 45.7 Å². The fourth-order valence-corrected chi connectivity index (χ4v) is 3.16. The molecule has 2 aromatic rings. The minimum atomic E-state index is 0.460. The number of aromatic nitrogens is 2. The van der Waals surface area contributed by atoms with E-state index in [9.17, 15) is 0 Å². The zero-order valence-corrected chi connectivity index (χ0v) is 12.7. The Bertz CT molecular complexity index is 554. The van der Waals surface area contributed by atoms with Crippen LogP contribution >= 0.6 is 46.6 Å². The number of hydrogen-bond acceptors (Lipinski definition) is 2. The molecule has 96 valence electrons. The second kappa shape index (κ2) is 6.20. The number of rotatable bonds is 4. The van der Waals surface area contributed by atoms with Crippen LogP contribution in [0.15, 0.2) is 29.6 Å². The number of alkyl halides is 1. The second-order valence-corrected chi connectivity index (χ2v) is 5.72. The minimum absolute atomic E-state index is 0.460. The molecule has 0 atom stereocenters. The van der Waals surface area contributed by atoms with Crippen molar-refractivity contribution in [1.82, 2.24) is 9.55 Å². The molecule has 0 bridgehead atoms. The second-order valence-electron chi connectivity index (χ2n) is 3.73. The van der Waals surface area contributed by atoms with Crippen molar-refractivity contribution in [2.45, 2.75) is 16.8 Å². The largest absolute Gasteiger partial charge is 0.325 e. The van der Waals surface area contributed by atoms with Gasteiger partial charge in [0.15, 0.2) is 5.16 Å². The van der Waals surface area contributed by atoms with E-state index in [0.29, 0.717) is 15.9 Å². The molecule has 1 heterocycles. The van der Waals surface area contributed by atoms with E-state index >= 15 is 0 Å².